The number of fused-ring (bicyclic) bond motifs is 1. The van der Waals surface area contributed by atoms with Gasteiger partial charge in [0.25, 0.3) is 5.56 Å². The van der Waals surface area contributed by atoms with Crippen molar-refractivity contribution in [1.82, 2.24) is 14.5 Å². The Labute approximate surface area is 187 Å². The van der Waals surface area contributed by atoms with Crippen molar-refractivity contribution in [3.63, 3.8) is 0 Å². The van der Waals surface area contributed by atoms with Crippen molar-refractivity contribution >= 4 is 39.2 Å². The summed E-state index contributed by atoms with van der Waals surface area (Å²) in [6.07, 6.45) is -4.79. The monoisotopic (exact) mass is 507 g/mol. The predicted octanol–water partition coefficient (Wildman–Crippen LogP) is 5.90. The lowest BCUT2D eigenvalue weighted by molar-refractivity contribution is -0.136. The molecular formula is C21H13BrF3N3O2S. The molecule has 5 nitrogen and oxygen atoms in total. The molecule has 0 fully saturated rings. The number of hydrogen-bond donors (Lipinski definition) is 1. The standard InChI is InChI=1S/C21H13BrF3N3O2S/c1-30-16-5-3-2-4-15(16)28-18-17(19(29)27-20(28)31)13(21(23,24)25)10-14(26-18)11-6-8-12(22)9-7-11/h2-10H,1H3,(H,27,29,31). The number of benzene rings is 2. The maximum absolute atomic E-state index is 14.0. The van der Waals surface area contributed by atoms with Crippen molar-refractivity contribution in [2.45, 2.75) is 6.18 Å². The number of nitrogens with zero attached hydrogens (tertiary/aromatic N) is 2. The summed E-state index contributed by atoms with van der Waals surface area (Å²) in [7, 11) is 1.43. The van der Waals surface area contributed by atoms with Crippen LogP contribution in [0.3, 0.4) is 0 Å². The highest BCUT2D eigenvalue weighted by atomic mass is 79.9. The minimum Gasteiger partial charge on any atom is -0.495 e. The van der Waals surface area contributed by atoms with Gasteiger partial charge < -0.3 is 4.74 Å². The van der Waals surface area contributed by atoms with E-state index in [1.54, 1.807) is 48.5 Å². The number of ether oxygens (including phenoxy) is 1. The Kier molecular flexibility index (Phi) is 5.44. The molecule has 0 atom stereocenters. The quantitative estimate of drug-likeness (QED) is 0.350. The molecule has 0 aliphatic heterocycles. The Hall–Kier alpha value is -2.98. The molecule has 10 heteroatoms. The van der Waals surface area contributed by atoms with Crippen LogP contribution in [0.15, 0.2) is 63.9 Å². The number of nitrogens with one attached hydrogen (secondary N) is 1. The minimum absolute atomic E-state index is 0.0518. The zero-order chi connectivity index (χ0) is 22.3. The van der Waals surface area contributed by atoms with Gasteiger partial charge in [-0.15, -0.1) is 0 Å². The summed E-state index contributed by atoms with van der Waals surface area (Å²) < 4.78 is 49.3. The Morgan fingerprint density at radius 2 is 1.81 bits per heavy atom. The van der Waals surface area contributed by atoms with Crippen LogP contribution in [0.1, 0.15) is 5.56 Å². The number of halogens is 4. The maximum atomic E-state index is 14.0. The number of aromatic amines is 1. The van der Waals surface area contributed by atoms with Crippen LogP contribution in [0.2, 0.25) is 0 Å². The largest absolute Gasteiger partial charge is 0.495 e. The van der Waals surface area contributed by atoms with Gasteiger partial charge in [-0.1, -0.05) is 40.2 Å². The first-order valence-corrected chi connectivity index (χ1v) is 10.1. The Morgan fingerprint density at radius 3 is 2.45 bits per heavy atom. The summed E-state index contributed by atoms with van der Waals surface area (Å²) >= 11 is 8.60. The summed E-state index contributed by atoms with van der Waals surface area (Å²) in [4.78, 5) is 19.3. The van der Waals surface area contributed by atoms with E-state index in [1.807, 2.05) is 0 Å². The molecule has 0 bridgehead atoms. The van der Waals surface area contributed by atoms with Gasteiger partial charge in [-0.05, 0) is 42.5 Å². The summed E-state index contributed by atoms with van der Waals surface area (Å²) in [6, 6.07) is 14.2. The average molecular weight is 508 g/mol. The van der Waals surface area contributed by atoms with Crippen LogP contribution in [0.5, 0.6) is 5.75 Å². The van der Waals surface area contributed by atoms with Gasteiger partial charge in [0.2, 0.25) is 0 Å². The Morgan fingerprint density at radius 1 is 1.13 bits per heavy atom. The topological polar surface area (TPSA) is 59.9 Å². The third-order valence-corrected chi connectivity index (χ3v) is 5.45. The molecule has 158 valence electrons. The third kappa shape index (κ3) is 3.88. The first-order valence-electron chi connectivity index (χ1n) is 8.87. The van der Waals surface area contributed by atoms with Crippen molar-refractivity contribution in [1.29, 1.82) is 0 Å². The Bertz CT molecular complexity index is 1410. The smallest absolute Gasteiger partial charge is 0.417 e. The first-order chi connectivity index (χ1) is 14.7. The molecular weight excluding hydrogens is 495 g/mol. The van der Waals surface area contributed by atoms with Gasteiger partial charge >= 0.3 is 6.18 Å². The third-order valence-electron chi connectivity index (χ3n) is 4.63. The highest BCUT2D eigenvalue weighted by molar-refractivity contribution is 9.10. The summed E-state index contributed by atoms with van der Waals surface area (Å²) in [5.74, 6) is 0.358. The van der Waals surface area contributed by atoms with Gasteiger partial charge in [-0.3, -0.25) is 14.3 Å². The number of hydrogen-bond acceptors (Lipinski definition) is 4. The second-order valence-corrected chi connectivity index (χ2v) is 7.83. The van der Waals surface area contributed by atoms with Gasteiger partial charge in [0.05, 0.1) is 29.4 Å². The molecule has 4 aromatic rings. The number of methoxy groups -OCH3 is 1. The number of alkyl halides is 3. The molecule has 0 radical (unpaired) electrons. The van der Waals surface area contributed by atoms with Gasteiger partial charge in [0.1, 0.15) is 5.75 Å². The second-order valence-electron chi connectivity index (χ2n) is 6.52. The fraction of sp³-hybridized carbons (Fsp3) is 0.0952. The lowest BCUT2D eigenvalue weighted by atomic mass is 10.1. The summed E-state index contributed by atoms with van der Waals surface area (Å²) in [6.45, 7) is 0. The summed E-state index contributed by atoms with van der Waals surface area (Å²) in [5, 5.41) is -0.604. The molecule has 2 aromatic heterocycles. The highest BCUT2D eigenvalue weighted by Crippen LogP contribution is 2.36. The minimum atomic E-state index is -4.79. The zero-order valence-electron chi connectivity index (χ0n) is 15.8. The van der Waals surface area contributed by atoms with E-state index in [0.29, 0.717) is 17.0 Å². The molecule has 2 aromatic carbocycles. The number of aromatic nitrogens is 3. The average Bonchev–Trinajstić information content (AvgIpc) is 2.73. The van der Waals surface area contributed by atoms with Crippen LogP contribution in [-0.4, -0.2) is 21.6 Å². The molecule has 0 unspecified atom stereocenters. The highest BCUT2D eigenvalue weighted by Gasteiger charge is 2.35. The van der Waals surface area contributed by atoms with Crippen molar-refractivity contribution < 1.29 is 17.9 Å². The Balaban J connectivity index is 2.19. The fourth-order valence-corrected chi connectivity index (χ4v) is 3.80. The van der Waals surface area contributed by atoms with Gasteiger partial charge in [-0.2, -0.15) is 13.2 Å². The molecule has 31 heavy (non-hydrogen) atoms. The van der Waals surface area contributed by atoms with Crippen molar-refractivity contribution in [2.24, 2.45) is 0 Å². The van der Waals surface area contributed by atoms with E-state index in [1.165, 1.54) is 11.7 Å². The fourth-order valence-electron chi connectivity index (χ4n) is 3.26. The van der Waals surface area contributed by atoms with E-state index < -0.39 is 22.7 Å². The van der Waals surface area contributed by atoms with Gasteiger partial charge in [0, 0.05) is 10.0 Å². The van der Waals surface area contributed by atoms with Crippen molar-refractivity contribution in [3.8, 4) is 22.7 Å². The molecule has 1 N–H and O–H groups in total. The lowest BCUT2D eigenvalue weighted by Gasteiger charge is -2.17. The summed E-state index contributed by atoms with van der Waals surface area (Å²) in [5.41, 5.74) is -1.43. The molecule has 4 rings (SSSR count). The number of H-pyrrole nitrogens is 1. The molecule has 0 saturated carbocycles. The number of rotatable bonds is 3. The first kappa shape index (κ1) is 21.3. The number of para-hydroxylation sites is 2. The van der Waals surface area contributed by atoms with Crippen LogP contribution in [0, 0.1) is 4.77 Å². The van der Waals surface area contributed by atoms with Crippen LogP contribution in [0.4, 0.5) is 13.2 Å². The molecule has 2 heterocycles. The van der Waals surface area contributed by atoms with E-state index >= 15 is 0 Å². The van der Waals surface area contributed by atoms with E-state index in [-0.39, 0.29) is 16.1 Å². The van der Waals surface area contributed by atoms with Crippen LogP contribution in [-0.2, 0) is 6.18 Å². The van der Waals surface area contributed by atoms with Crippen LogP contribution in [0.25, 0.3) is 28.0 Å². The van der Waals surface area contributed by atoms with E-state index in [4.69, 9.17) is 17.0 Å². The van der Waals surface area contributed by atoms with Gasteiger partial charge in [-0.25, -0.2) is 4.98 Å². The van der Waals surface area contributed by atoms with E-state index in [9.17, 15) is 18.0 Å². The van der Waals surface area contributed by atoms with E-state index in [2.05, 4.69) is 25.9 Å². The number of pyridine rings is 1. The van der Waals surface area contributed by atoms with Crippen molar-refractivity contribution in [2.75, 3.05) is 7.11 Å². The molecule has 0 saturated heterocycles. The van der Waals surface area contributed by atoms with Crippen LogP contribution >= 0.6 is 28.1 Å². The molecule has 0 aliphatic rings. The SMILES string of the molecule is COc1ccccc1-n1c(=S)[nH]c(=O)c2c(C(F)(F)F)cc(-c3ccc(Br)cc3)nc21. The predicted molar refractivity (Wildman–Crippen MR) is 117 cm³/mol. The zero-order valence-corrected chi connectivity index (χ0v) is 18.2. The van der Waals surface area contributed by atoms with Gasteiger partial charge in [0.15, 0.2) is 10.4 Å². The normalized spacial score (nSPS) is 11.6. The lowest BCUT2D eigenvalue weighted by Crippen LogP contribution is -2.20. The van der Waals surface area contributed by atoms with Crippen molar-refractivity contribution in [3.05, 3.63) is 79.8 Å². The second kappa shape index (κ2) is 7.93. The molecule has 0 spiro atoms. The maximum Gasteiger partial charge on any atom is 0.417 e. The van der Waals surface area contributed by atoms with Crippen LogP contribution < -0.4 is 10.3 Å². The van der Waals surface area contributed by atoms with E-state index in [0.717, 1.165) is 10.5 Å². The molecule has 0 aliphatic carbocycles. The molecule has 0 amide bonds.